The minimum absolute atomic E-state index is 0.0992. The summed E-state index contributed by atoms with van der Waals surface area (Å²) in [6, 6.07) is 7.16. The van der Waals surface area contributed by atoms with Crippen LogP contribution in [-0.4, -0.2) is 23.6 Å². The first-order valence-corrected chi connectivity index (χ1v) is 6.37. The van der Waals surface area contributed by atoms with E-state index in [-0.39, 0.29) is 18.6 Å². The lowest BCUT2D eigenvalue weighted by atomic mass is 9.96. The number of rotatable bonds is 5. The van der Waals surface area contributed by atoms with E-state index in [0.29, 0.717) is 10.7 Å². The number of nitrogens with one attached hydrogen (secondary N) is 1. The first kappa shape index (κ1) is 13.0. The number of nitrogens with two attached hydrogens (primary N) is 1. The highest BCUT2D eigenvalue weighted by Gasteiger charge is 2.18. The van der Waals surface area contributed by atoms with Crippen LogP contribution in [0.4, 0.5) is 5.69 Å². The standard InChI is InChI=1S/C13H16N2O2S/c14-13(18)9-3-1-4-10(7-9)15-12(16)8-17-11-5-2-6-11/h1,3-4,7,11H,2,5-6,8H2,(H2,14,18)(H,15,16). The Morgan fingerprint density at radius 3 is 2.89 bits per heavy atom. The van der Waals surface area contributed by atoms with Crippen LogP contribution in [0.15, 0.2) is 24.3 Å². The molecule has 4 nitrogen and oxygen atoms in total. The molecule has 5 heteroatoms. The van der Waals surface area contributed by atoms with Gasteiger partial charge in [-0.1, -0.05) is 24.4 Å². The van der Waals surface area contributed by atoms with Gasteiger partial charge in [0.05, 0.1) is 6.10 Å². The van der Waals surface area contributed by atoms with Gasteiger partial charge in [0.15, 0.2) is 0 Å². The van der Waals surface area contributed by atoms with E-state index >= 15 is 0 Å². The molecule has 2 rings (SSSR count). The molecule has 0 saturated heterocycles. The summed E-state index contributed by atoms with van der Waals surface area (Å²) in [7, 11) is 0. The Morgan fingerprint density at radius 2 is 2.28 bits per heavy atom. The van der Waals surface area contributed by atoms with Crippen LogP contribution in [-0.2, 0) is 9.53 Å². The van der Waals surface area contributed by atoms with Crippen molar-refractivity contribution in [2.75, 3.05) is 11.9 Å². The molecule has 1 amide bonds. The molecule has 0 radical (unpaired) electrons. The highest BCUT2D eigenvalue weighted by atomic mass is 32.1. The molecule has 0 spiro atoms. The number of carbonyl (C=O) groups is 1. The van der Waals surface area contributed by atoms with Gasteiger partial charge in [-0.05, 0) is 31.4 Å². The molecule has 3 N–H and O–H groups in total. The van der Waals surface area contributed by atoms with Crippen molar-refractivity contribution < 1.29 is 9.53 Å². The summed E-state index contributed by atoms with van der Waals surface area (Å²) in [6.07, 6.45) is 3.58. The third kappa shape index (κ3) is 3.51. The van der Waals surface area contributed by atoms with Crippen LogP contribution in [0.3, 0.4) is 0 Å². The maximum atomic E-state index is 11.6. The van der Waals surface area contributed by atoms with Crippen molar-refractivity contribution in [3.05, 3.63) is 29.8 Å². The molecular weight excluding hydrogens is 248 g/mol. The minimum Gasteiger partial charge on any atom is -0.389 e. The monoisotopic (exact) mass is 264 g/mol. The minimum atomic E-state index is -0.151. The predicted octanol–water partition coefficient (Wildman–Crippen LogP) is 1.83. The Bertz CT molecular complexity index is 458. The zero-order valence-electron chi connectivity index (χ0n) is 10.0. The smallest absolute Gasteiger partial charge is 0.250 e. The number of benzene rings is 1. The van der Waals surface area contributed by atoms with E-state index in [0.717, 1.165) is 18.4 Å². The molecule has 0 aliphatic heterocycles. The second kappa shape index (κ2) is 5.93. The first-order valence-electron chi connectivity index (χ1n) is 5.96. The van der Waals surface area contributed by atoms with E-state index in [1.807, 2.05) is 6.07 Å². The lowest BCUT2D eigenvalue weighted by Gasteiger charge is -2.25. The van der Waals surface area contributed by atoms with E-state index in [1.165, 1.54) is 6.42 Å². The molecule has 1 aliphatic carbocycles. The molecule has 0 atom stereocenters. The lowest BCUT2D eigenvalue weighted by Crippen LogP contribution is -2.27. The van der Waals surface area contributed by atoms with E-state index in [9.17, 15) is 4.79 Å². The second-order valence-electron chi connectivity index (χ2n) is 4.36. The van der Waals surface area contributed by atoms with Crippen LogP contribution in [0.5, 0.6) is 0 Å². The van der Waals surface area contributed by atoms with Gasteiger partial charge >= 0.3 is 0 Å². The second-order valence-corrected chi connectivity index (χ2v) is 4.80. The SMILES string of the molecule is NC(=S)c1cccc(NC(=O)COC2CCC2)c1. The Balaban J connectivity index is 1.85. The number of hydrogen-bond donors (Lipinski definition) is 2. The van der Waals surface area contributed by atoms with Crippen molar-refractivity contribution in [3.8, 4) is 0 Å². The molecule has 1 fully saturated rings. The Hall–Kier alpha value is -1.46. The van der Waals surface area contributed by atoms with Crippen molar-refractivity contribution >= 4 is 28.8 Å². The van der Waals surface area contributed by atoms with E-state index in [2.05, 4.69) is 5.32 Å². The number of thiocarbonyl (C=S) groups is 1. The highest BCUT2D eigenvalue weighted by molar-refractivity contribution is 7.80. The van der Waals surface area contributed by atoms with Gasteiger partial charge in [-0.25, -0.2) is 0 Å². The van der Waals surface area contributed by atoms with Gasteiger partial charge in [0, 0.05) is 11.3 Å². The average molecular weight is 264 g/mol. The largest absolute Gasteiger partial charge is 0.389 e. The summed E-state index contributed by atoms with van der Waals surface area (Å²) in [5.41, 5.74) is 6.95. The quantitative estimate of drug-likeness (QED) is 0.796. The Morgan fingerprint density at radius 1 is 1.50 bits per heavy atom. The molecule has 0 bridgehead atoms. The fourth-order valence-corrected chi connectivity index (χ4v) is 1.81. The Kier molecular flexibility index (Phi) is 4.28. The van der Waals surface area contributed by atoms with Crippen molar-refractivity contribution in [1.29, 1.82) is 0 Å². The van der Waals surface area contributed by atoms with Crippen LogP contribution in [0.2, 0.25) is 0 Å². The third-order valence-corrected chi connectivity index (χ3v) is 3.17. The van der Waals surface area contributed by atoms with E-state index in [1.54, 1.807) is 18.2 Å². The van der Waals surface area contributed by atoms with Crippen molar-refractivity contribution in [2.45, 2.75) is 25.4 Å². The molecule has 0 unspecified atom stereocenters. The summed E-state index contributed by atoms with van der Waals surface area (Å²) in [5.74, 6) is -0.151. The summed E-state index contributed by atoms with van der Waals surface area (Å²) >= 11 is 4.88. The topological polar surface area (TPSA) is 64.3 Å². The fraction of sp³-hybridized carbons (Fsp3) is 0.385. The molecular formula is C13H16N2O2S. The van der Waals surface area contributed by atoms with Gasteiger partial charge in [0.2, 0.25) is 5.91 Å². The number of hydrogen-bond acceptors (Lipinski definition) is 3. The third-order valence-electron chi connectivity index (χ3n) is 2.93. The molecule has 0 heterocycles. The van der Waals surface area contributed by atoms with Crippen LogP contribution in [0.25, 0.3) is 0 Å². The van der Waals surface area contributed by atoms with Gasteiger partial charge in [-0.2, -0.15) is 0 Å². The summed E-state index contributed by atoms with van der Waals surface area (Å²) < 4.78 is 5.43. The number of amides is 1. The average Bonchev–Trinajstić information content (AvgIpc) is 2.27. The maximum Gasteiger partial charge on any atom is 0.250 e. The van der Waals surface area contributed by atoms with Gasteiger partial charge < -0.3 is 15.8 Å². The van der Waals surface area contributed by atoms with Crippen LogP contribution >= 0.6 is 12.2 Å². The van der Waals surface area contributed by atoms with E-state index < -0.39 is 0 Å². The van der Waals surface area contributed by atoms with Gasteiger partial charge in [0.25, 0.3) is 0 Å². The fourth-order valence-electron chi connectivity index (χ4n) is 1.68. The molecule has 1 aromatic carbocycles. The zero-order chi connectivity index (χ0) is 13.0. The number of carbonyl (C=O) groups excluding carboxylic acids is 1. The van der Waals surface area contributed by atoms with E-state index in [4.69, 9.17) is 22.7 Å². The van der Waals surface area contributed by atoms with Crippen molar-refractivity contribution in [1.82, 2.24) is 0 Å². The van der Waals surface area contributed by atoms with Crippen LogP contribution < -0.4 is 11.1 Å². The van der Waals surface area contributed by atoms with Crippen molar-refractivity contribution in [2.24, 2.45) is 5.73 Å². The maximum absolute atomic E-state index is 11.6. The van der Waals surface area contributed by atoms with Crippen LogP contribution in [0.1, 0.15) is 24.8 Å². The first-order chi connectivity index (χ1) is 8.65. The summed E-state index contributed by atoms with van der Waals surface area (Å²) in [4.78, 5) is 12.0. The Labute approximate surface area is 112 Å². The van der Waals surface area contributed by atoms with Gasteiger partial charge in [0.1, 0.15) is 11.6 Å². The highest BCUT2D eigenvalue weighted by Crippen LogP contribution is 2.21. The summed E-state index contributed by atoms with van der Waals surface area (Å²) in [5, 5.41) is 2.76. The lowest BCUT2D eigenvalue weighted by molar-refractivity contribution is -0.124. The predicted molar refractivity (Wildman–Crippen MR) is 74.6 cm³/mol. The zero-order valence-corrected chi connectivity index (χ0v) is 10.8. The number of ether oxygens (including phenoxy) is 1. The van der Waals surface area contributed by atoms with Gasteiger partial charge in [-0.3, -0.25) is 4.79 Å². The molecule has 0 aromatic heterocycles. The summed E-state index contributed by atoms with van der Waals surface area (Å²) in [6.45, 7) is 0.0992. The normalized spacial score (nSPS) is 14.9. The molecule has 1 aliphatic rings. The molecule has 1 saturated carbocycles. The van der Waals surface area contributed by atoms with Crippen LogP contribution in [0, 0.1) is 0 Å². The molecule has 96 valence electrons. The van der Waals surface area contributed by atoms with Crippen molar-refractivity contribution in [3.63, 3.8) is 0 Å². The molecule has 18 heavy (non-hydrogen) atoms. The van der Waals surface area contributed by atoms with Gasteiger partial charge in [-0.15, -0.1) is 0 Å². The number of anilines is 1. The molecule has 1 aromatic rings.